The van der Waals surface area contributed by atoms with Crippen LogP contribution < -0.4 is 0 Å². The van der Waals surface area contributed by atoms with Crippen LogP contribution in [0.1, 0.15) is 5.56 Å². The first-order chi connectivity index (χ1) is 5.25. The third kappa shape index (κ3) is 1.44. The molecule has 0 atom stereocenters. The predicted molar refractivity (Wildman–Crippen MR) is 35.2 cm³/mol. The van der Waals surface area contributed by atoms with Crippen molar-refractivity contribution in [3.63, 3.8) is 0 Å². The molecular formula is C7H5FN2O. The molecule has 1 aromatic rings. The van der Waals surface area contributed by atoms with Crippen molar-refractivity contribution < 1.29 is 9.50 Å². The van der Waals surface area contributed by atoms with E-state index in [0.29, 0.717) is 0 Å². The molecule has 0 bridgehead atoms. The first-order valence-electron chi connectivity index (χ1n) is 2.95. The second-order valence-electron chi connectivity index (χ2n) is 1.94. The summed E-state index contributed by atoms with van der Waals surface area (Å²) in [7, 11) is 0. The van der Waals surface area contributed by atoms with Gasteiger partial charge in [-0.2, -0.15) is 9.65 Å². The highest BCUT2D eigenvalue weighted by Crippen LogP contribution is 2.18. The minimum atomic E-state index is -0.933. The van der Waals surface area contributed by atoms with E-state index in [0.717, 1.165) is 0 Å². The van der Waals surface area contributed by atoms with Gasteiger partial charge < -0.3 is 5.11 Å². The van der Waals surface area contributed by atoms with Gasteiger partial charge in [0, 0.05) is 11.8 Å². The van der Waals surface area contributed by atoms with E-state index in [1.165, 1.54) is 12.3 Å². The summed E-state index contributed by atoms with van der Waals surface area (Å²) >= 11 is 0. The predicted octanol–water partition coefficient (Wildman–Crippen LogP) is 0.992. The van der Waals surface area contributed by atoms with Gasteiger partial charge in [0.15, 0.2) is 5.75 Å². The molecule has 0 saturated carbocycles. The standard InChI is InChI=1S/C7H5FN2O/c8-7-6(11)5(1-3-9)2-4-10-7/h2,4,11H,1H2. The number of nitrogens with zero attached hydrogens (tertiary/aromatic N) is 2. The van der Waals surface area contributed by atoms with E-state index in [4.69, 9.17) is 10.4 Å². The quantitative estimate of drug-likeness (QED) is 0.610. The summed E-state index contributed by atoms with van der Waals surface area (Å²) in [5.41, 5.74) is 0.264. The van der Waals surface area contributed by atoms with Gasteiger partial charge in [-0.25, -0.2) is 4.98 Å². The highest BCUT2D eigenvalue weighted by atomic mass is 19.1. The van der Waals surface area contributed by atoms with Gasteiger partial charge in [-0.05, 0) is 6.07 Å². The van der Waals surface area contributed by atoms with E-state index in [2.05, 4.69) is 4.98 Å². The third-order valence-corrected chi connectivity index (χ3v) is 1.23. The van der Waals surface area contributed by atoms with Crippen LogP contribution >= 0.6 is 0 Å². The number of pyridine rings is 1. The fourth-order valence-corrected chi connectivity index (χ4v) is 0.693. The van der Waals surface area contributed by atoms with Crippen LogP contribution in [-0.4, -0.2) is 10.1 Å². The van der Waals surface area contributed by atoms with Crippen LogP contribution in [0.15, 0.2) is 12.3 Å². The normalized spacial score (nSPS) is 9.09. The highest BCUT2D eigenvalue weighted by Gasteiger charge is 2.05. The lowest BCUT2D eigenvalue weighted by Gasteiger charge is -1.97. The van der Waals surface area contributed by atoms with Crippen molar-refractivity contribution in [3.05, 3.63) is 23.8 Å². The largest absolute Gasteiger partial charge is 0.503 e. The lowest BCUT2D eigenvalue weighted by Crippen LogP contribution is -1.88. The molecule has 0 fully saturated rings. The zero-order valence-corrected chi connectivity index (χ0v) is 5.58. The molecule has 1 rings (SSSR count). The lowest BCUT2D eigenvalue weighted by molar-refractivity contribution is 0.414. The Balaban J connectivity index is 3.08. The van der Waals surface area contributed by atoms with Gasteiger partial charge in [-0.3, -0.25) is 0 Å². The Morgan fingerprint density at radius 3 is 3.09 bits per heavy atom. The molecule has 0 aliphatic rings. The van der Waals surface area contributed by atoms with Gasteiger partial charge in [0.1, 0.15) is 0 Å². The number of aromatic nitrogens is 1. The van der Waals surface area contributed by atoms with Crippen LogP contribution in [0, 0.1) is 17.3 Å². The molecule has 0 saturated heterocycles. The molecule has 4 heteroatoms. The van der Waals surface area contributed by atoms with Crippen molar-refractivity contribution in [2.45, 2.75) is 6.42 Å². The minimum absolute atomic E-state index is 0.00866. The monoisotopic (exact) mass is 152 g/mol. The van der Waals surface area contributed by atoms with Crippen LogP contribution in [0.3, 0.4) is 0 Å². The number of nitriles is 1. The van der Waals surface area contributed by atoms with Crippen LogP contribution in [0.5, 0.6) is 5.75 Å². The van der Waals surface area contributed by atoms with Crippen LogP contribution in [-0.2, 0) is 6.42 Å². The van der Waals surface area contributed by atoms with Gasteiger partial charge in [0.25, 0.3) is 5.95 Å². The molecule has 0 amide bonds. The Kier molecular flexibility index (Phi) is 2.02. The molecule has 1 heterocycles. The van der Waals surface area contributed by atoms with E-state index in [9.17, 15) is 4.39 Å². The molecule has 11 heavy (non-hydrogen) atoms. The number of hydrogen-bond acceptors (Lipinski definition) is 3. The molecule has 1 aromatic heterocycles. The summed E-state index contributed by atoms with van der Waals surface area (Å²) < 4.78 is 12.4. The number of aromatic hydroxyl groups is 1. The second kappa shape index (κ2) is 2.97. The van der Waals surface area contributed by atoms with E-state index in [1.807, 2.05) is 0 Å². The van der Waals surface area contributed by atoms with E-state index >= 15 is 0 Å². The van der Waals surface area contributed by atoms with Gasteiger partial charge in [0.05, 0.1) is 12.5 Å². The topological polar surface area (TPSA) is 56.9 Å². The Bertz CT molecular complexity index is 306. The fraction of sp³-hybridized carbons (Fsp3) is 0.143. The van der Waals surface area contributed by atoms with Gasteiger partial charge in [-0.15, -0.1) is 0 Å². The third-order valence-electron chi connectivity index (χ3n) is 1.23. The zero-order chi connectivity index (χ0) is 8.27. The van der Waals surface area contributed by atoms with Gasteiger partial charge in [-0.1, -0.05) is 0 Å². The molecular weight excluding hydrogens is 147 g/mol. The van der Waals surface area contributed by atoms with Crippen molar-refractivity contribution in [2.24, 2.45) is 0 Å². The first kappa shape index (κ1) is 7.48. The summed E-state index contributed by atoms with van der Waals surface area (Å²) in [6.45, 7) is 0. The molecule has 1 N–H and O–H groups in total. The minimum Gasteiger partial charge on any atom is -0.503 e. The molecule has 0 spiro atoms. The highest BCUT2D eigenvalue weighted by molar-refractivity contribution is 5.31. The maximum absolute atomic E-state index is 12.4. The Labute approximate surface area is 62.7 Å². The summed E-state index contributed by atoms with van der Waals surface area (Å²) in [6, 6.07) is 3.20. The SMILES string of the molecule is N#CCc1ccnc(F)c1O. The Hall–Kier alpha value is -1.63. The molecule has 56 valence electrons. The molecule has 0 radical (unpaired) electrons. The average Bonchev–Trinajstić information content (AvgIpc) is 1.99. The molecule has 0 aliphatic carbocycles. The number of hydrogen-bond donors (Lipinski definition) is 1. The number of rotatable bonds is 1. The smallest absolute Gasteiger partial charge is 0.255 e. The Morgan fingerprint density at radius 1 is 1.73 bits per heavy atom. The summed E-state index contributed by atoms with van der Waals surface area (Å²) in [4.78, 5) is 3.20. The van der Waals surface area contributed by atoms with Crippen molar-refractivity contribution in [2.75, 3.05) is 0 Å². The fourth-order valence-electron chi connectivity index (χ4n) is 0.693. The average molecular weight is 152 g/mol. The van der Waals surface area contributed by atoms with Crippen LogP contribution in [0.2, 0.25) is 0 Å². The van der Waals surface area contributed by atoms with Crippen LogP contribution in [0.4, 0.5) is 4.39 Å². The van der Waals surface area contributed by atoms with Gasteiger partial charge >= 0.3 is 0 Å². The Morgan fingerprint density at radius 2 is 2.45 bits per heavy atom. The molecule has 0 aromatic carbocycles. The first-order valence-corrected chi connectivity index (χ1v) is 2.95. The van der Waals surface area contributed by atoms with E-state index in [1.54, 1.807) is 6.07 Å². The second-order valence-corrected chi connectivity index (χ2v) is 1.94. The van der Waals surface area contributed by atoms with Crippen LogP contribution in [0.25, 0.3) is 0 Å². The lowest BCUT2D eigenvalue weighted by atomic mass is 10.2. The maximum atomic E-state index is 12.4. The van der Waals surface area contributed by atoms with E-state index in [-0.39, 0.29) is 12.0 Å². The molecule has 3 nitrogen and oxygen atoms in total. The van der Waals surface area contributed by atoms with Crippen molar-refractivity contribution in [1.82, 2.24) is 4.98 Å². The van der Waals surface area contributed by atoms with Gasteiger partial charge in [0.2, 0.25) is 0 Å². The zero-order valence-electron chi connectivity index (χ0n) is 5.58. The van der Waals surface area contributed by atoms with Crippen molar-refractivity contribution in [1.29, 1.82) is 5.26 Å². The number of halogens is 1. The molecule has 0 unspecified atom stereocenters. The molecule has 0 aliphatic heterocycles. The van der Waals surface area contributed by atoms with E-state index < -0.39 is 11.7 Å². The summed E-state index contributed by atoms with van der Waals surface area (Å²) in [6.07, 6.45) is 1.20. The van der Waals surface area contributed by atoms with Crippen molar-refractivity contribution in [3.8, 4) is 11.8 Å². The summed E-state index contributed by atoms with van der Waals surface area (Å²) in [5, 5.41) is 17.2. The summed E-state index contributed by atoms with van der Waals surface area (Å²) in [5.74, 6) is -1.47. The van der Waals surface area contributed by atoms with Crippen molar-refractivity contribution >= 4 is 0 Å². The maximum Gasteiger partial charge on any atom is 0.255 e.